The topological polar surface area (TPSA) is 40.5 Å². The summed E-state index contributed by atoms with van der Waals surface area (Å²) in [6.45, 7) is 3.17. The lowest BCUT2D eigenvalue weighted by molar-refractivity contribution is 0.0697. The van der Waals surface area contributed by atoms with Crippen molar-refractivity contribution in [3.8, 4) is 0 Å². The molecule has 2 atom stereocenters. The molecule has 1 saturated carbocycles. The van der Waals surface area contributed by atoms with Gasteiger partial charge in [-0.2, -0.15) is 0 Å². The number of hydrogen-bond acceptors (Lipinski definition) is 2. The lowest BCUT2D eigenvalue weighted by Crippen LogP contribution is -2.22. The highest BCUT2D eigenvalue weighted by atomic mass is 79.9. The van der Waals surface area contributed by atoms with Gasteiger partial charge >= 0.3 is 5.97 Å². The molecule has 0 amide bonds. The molecule has 0 radical (unpaired) electrons. The second kappa shape index (κ2) is 4.69. The number of nitrogens with zero attached hydrogens (tertiary/aromatic N) is 1. The van der Waals surface area contributed by atoms with E-state index in [0.717, 1.165) is 22.6 Å². The molecule has 4 heteroatoms. The first-order valence-corrected chi connectivity index (χ1v) is 6.52. The van der Waals surface area contributed by atoms with Gasteiger partial charge in [-0.15, -0.1) is 0 Å². The standard InChI is InChI=1S/C13H16BrNO2/c1-8-5-9(8)7-15(2)12-4-3-10(14)6-11(12)13(16)17/h3-4,6,8-9H,5,7H2,1-2H3,(H,16,17). The first-order chi connectivity index (χ1) is 7.99. The van der Waals surface area contributed by atoms with Crippen LogP contribution in [0.5, 0.6) is 0 Å². The fourth-order valence-corrected chi connectivity index (χ4v) is 2.48. The molecule has 0 spiro atoms. The summed E-state index contributed by atoms with van der Waals surface area (Å²) < 4.78 is 0.798. The number of halogens is 1. The Labute approximate surface area is 110 Å². The Kier molecular flexibility index (Phi) is 3.43. The van der Waals surface area contributed by atoms with Crippen molar-refractivity contribution in [1.29, 1.82) is 0 Å². The number of carboxylic acid groups (broad SMARTS) is 1. The van der Waals surface area contributed by atoms with Crippen LogP contribution < -0.4 is 4.90 Å². The average molecular weight is 298 g/mol. The average Bonchev–Trinajstić information content (AvgIpc) is 2.93. The number of carbonyl (C=O) groups is 1. The second-order valence-electron chi connectivity index (χ2n) is 4.82. The van der Waals surface area contributed by atoms with E-state index in [0.29, 0.717) is 11.5 Å². The maximum absolute atomic E-state index is 11.2. The Morgan fingerprint density at radius 1 is 1.59 bits per heavy atom. The van der Waals surface area contributed by atoms with Crippen LogP contribution in [-0.4, -0.2) is 24.7 Å². The summed E-state index contributed by atoms with van der Waals surface area (Å²) in [6.07, 6.45) is 1.25. The number of aromatic carboxylic acids is 1. The van der Waals surface area contributed by atoms with Gasteiger partial charge in [-0.25, -0.2) is 4.79 Å². The number of carboxylic acids is 1. The number of anilines is 1. The van der Waals surface area contributed by atoms with Gasteiger partial charge in [-0.3, -0.25) is 0 Å². The van der Waals surface area contributed by atoms with E-state index in [2.05, 4.69) is 22.9 Å². The van der Waals surface area contributed by atoms with E-state index < -0.39 is 5.97 Å². The number of benzene rings is 1. The molecule has 0 bridgehead atoms. The molecule has 1 N–H and O–H groups in total. The van der Waals surface area contributed by atoms with Gasteiger partial charge in [0, 0.05) is 18.1 Å². The van der Waals surface area contributed by atoms with Crippen molar-refractivity contribution in [2.24, 2.45) is 11.8 Å². The monoisotopic (exact) mass is 297 g/mol. The van der Waals surface area contributed by atoms with Gasteiger partial charge in [0.25, 0.3) is 0 Å². The summed E-state index contributed by atoms with van der Waals surface area (Å²) in [5.74, 6) is 0.614. The molecule has 0 aliphatic heterocycles. The van der Waals surface area contributed by atoms with Crippen LogP contribution in [0.4, 0.5) is 5.69 Å². The van der Waals surface area contributed by atoms with Crippen LogP contribution >= 0.6 is 15.9 Å². The van der Waals surface area contributed by atoms with E-state index in [1.165, 1.54) is 6.42 Å². The second-order valence-corrected chi connectivity index (χ2v) is 5.74. The predicted octanol–water partition coefficient (Wildman–Crippen LogP) is 3.24. The third-order valence-corrected chi connectivity index (χ3v) is 3.88. The van der Waals surface area contributed by atoms with E-state index in [4.69, 9.17) is 0 Å². The van der Waals surface area contributed by atoms with Gasteiger partial charge in [-0.05, 0) is 36.5 Å². The summed E-state index contributed by atoms with van der Waals surface area (Å²) in [5.41, 5.74) is 1.15. The molecule has 0 heterocycles. The Balaban J connectivity index is 2.21. The molecule has 1 aliphatic rings. The molecule has 1 fully saturated rings. The van der Waals surface area contributed by atoms with Crippen LogP contribution in [0, 0.1) is 11.8 Å². The molecule has 2 rings (SSSR count). The quantitative estimate of drug-likeness (QED) is 0.927. The molecule has 2 unspecified atom stereocenters. The number of rotatable bonds is 4. The normalized spacial score (nSPS) is 22.3. The third kappa shape index (κ3) is 2.80. The lowest BCUT2D eigenvalue weighted by atomic mass is 10.1. The Morgan fingerprint density at radius 2 is 2.24 bits per heavy atom. The maximum Gasteiger partial charge on any atom is 0.337 e. The summed E-state index contributed by atoms with van der Waals surface area (Å²) in [7, 11) is 1.96. The molecule has 1 aliphatic carbocycles. The van der Waals surface area contributed by atoms with Crippen LogP contribution in [-0.2, 0) is 0 Å². The third-order valence-electron chi connectivity index (χ3n) is 3.38. The molecule has 1 aromatic rings. The van der Waals surface area contributed by atoms with Crippen molar-refractivity contribution in [1.82, 2.24) is 0 Å². The van der Waals surface area contributed by atoms with Gasteiger partial charge in [0.1, 0.15) is 0 Å². The zero-order valence-corrected chi connectivity index (χ0v) is 11.6. The summed E-state index contributed by atoms with van der Waals surface area (Å²) in [6, 6.07) is 5.40. The van der Waals surface area contributed by atoms with Crippen molar-refractivity contribution in [2.75, 3.05) is 18.5 Å². The Hall–Kier alpha value is -1.03. The fourth-order valence-electron chi connectivity index (χ4n) is 2.12. The van der Waals surface area contributed by atoms with Gasteiger partial charge in [0.05, 0.1) is 11.3 Å². The van der Waals surface area contributed by atoms with Gasteiger partial charge in [-0.1, -0.05) is 22.9 Å². The van der Waals surface area contributed by atoms with E-state index in [-0.39, 0.29) is 0 Å². The van der Waals surface area contributed by atoms with Crippen LogP contribution in [0.1, 0.15) is 23.7 Å². The largest absolute Gasteiger partial charge is 0.478 e. The SMILES string of the molecule is CC1CC1CN(C)c1ccc(Br)cc1C(=O)O. The highest BCUT2D eigenvalue weighted by Gasteiger charge is 2.33. The van der Waals surface area contributed by atoms with Crippen LogP contribution in [0.2, 0.25) is 0 Å². The van der Waals surface area contributed by atoms with E-state index in [9.17, 15) is 9.90 Å². The molecule has 3 nitrogen and oxygen atoms in total. The minimum absolute atomic E-state index is 0.357. The number of hydrogen-bond donors (Lipinski definition) is 1. The highest BCUT2D eigenvalue weighted by molar-refractivity contribution is 9.10. The molecule has 92 valence electrons. The molecular weight excluding hydrogens is 282 g/mol. The van der Waals surface area contributed by atoms with Crippen LogP contribution in [0.15, 0.2) is 22.7 Å². The Bertz CT molecular complexity index is 447. The Morgan fingerprint density at radius 3 is 2.76 bits per heavy atom. The summed E-state index contributed by atoms with van der Waals surface area (Å²) in [5, 5.41) is 9.19. The molecule has 1 aromatic carbocycles. The fraction of sp³-hybridized carbons (Fsp3) is 0.462. The van der Waals surface area contributed by atoms with Crippen molar-refractivity contribution in [3.05, 3.63) is 28.2 Å². The molecular formula is C13H16BrNO2. The van der Waals surface area contributed by atoms with Crippen molar-refractivity contribution >= 4 is 27.6 Å². The van der Waals surface area contributed by atoms with Crippen LogP contribution in [0.3, 0.4) is 0 Å². The summed E-state index contributed by atoms with van der Waals surface area (Å²) in [4.78, 5) is 13.2. The first kappa shape index (κ1) is 12.4. The molecule has 0 saturated heterocycles. The predicted molar refractivity (Wildman–Crippen MR) is 71.6 cm³/mol. The zero-order chi connectivity index (χ0) is 12.6. The minimum atomic E-state index is -0.878. The van der Waals surface area contributed by atoms with Gasteiger partial charge in [0.15, 0.2) is 0 Å². The molecule has 0 aromatic heterocycles. The van der Waals surface area contributed by atoms with Crippen molar-refractivity contribution in [3.63, 3.8) is 0 Å². The van der Waals surface area contributed by atoms with Gasteiger partial charge < -0.3 is 10.0 Å². The zero-order valence-electron chi connectivity index (χ0n) is 9.98. The van der Waals surface area contributed by atoms with Crippen LogP contribution in [0.25, 0.3) is 0 Å². The van der Waals surface area contributed by atoms with E-state index >= 15 is 0 Å². The van der Waals surface area contributed by atoms with Crippen molar-refractivity contribution < 1.29 is 9.90 Å². The van der Waals surface area contributed by atoms with E-state index in [1.54, 1.807) is 6.07 Å². The molecule has 17 heavy (non-hydrogen) atoms. The van der Waals surface area contributed by atoms with E-state index in [1.807, 2.05) is 24.1 Å². The van der Waals surface area contributed by atoms with Gasteiger partial charge in [0.2, 0.25) is 0 Å². The minimum Gasteiger partial charge on any atom is -0.478 e. The summed E-state index contributed by atoms with van der Waals surface area (Å²) >= 11 is 3.30. The van der Waals surface area contributed by atoms with Crippen molar-refractivity contribution in [2.45, 2.75) is 13.3 Å². The highest BCUT2D eigenvalue weighted by Crippen LogP contribution is 2.39. The lowest BCUT2D eigenvalue weighted by Gasteiger charge is -2.21. The smallest absolute Gasteiger partial charge is 0.337 e. The maximum atomic E-state index is 11.2. The first-order valence-electron chi connectivity index (χ1n) is 5.73.